The fraction of sp³-hybridized carbons (Fsp3) is 0.471. The van der Waals surface area contributed by atoms with E-state index >= 15 is 0 Å². The van der Waals surface area contributed by atoms with E-state index in [-0.39, 0.29) is 22.1 Å². The van der Waals surface area contributed by atoms with E-state index in [1.165, 1.54) is 29.0 Å². The minimum absolute atomic E-state index is 0.0496. The van der Waals surface area contributed by atoms with Gasteiger partial charge in [-0.15, -0.1) is 0 Å². The van der Waals surface area contributed by atoms with Crippen LogP contribution in [0.4, 0.5) is 4.79 Å². The topological polar surface area (TPSA) is 122 Å². The summed E-state index contributed by atoms with van der Waals surface area (Å²) < 4.78 is 35.9. The van der Waals surface area contributed by atoms with E-state index in [1.807, 2.05) is 0 Å². The van der Waals surface area contributed by atoms with Crippen molar-refractivity contribution in [1.29, 1.82) is 0 Å². The lowest BCUT2D eigenvalue weighted by molar-refractivity contribution is -0.136. The summed E-state index contributed by atoms with van der Waals surface area (Å²) in [5.74, 6) is -1.27. The molecule has 160 valence electrons. The maximum absolute atomic E-state index is 12.2. The number of hydrogen-bond donors (Lipinski definition) is 1. The molecule has 0 atom stereocenters. The first kappa shape index (κ1) is 22.9. The molecule has 10 nitrogen and oxygen atoms in total. The number of carbonyl (C=O) groups excluding carboxylic acids is 3. The van der Waals surface area contributed by atoms with E-state index in [2.05, 4.69) is 4.72 Å². The molecule has 0 unspecified atom stereocenters. The minimum Gasteiger partial charge on any atom is -0.452 e. The number of nitrogens with zero attached hydrogens (tertiary/aromatic N) is 2. The van der Waals surface area contributed by atoms with E-state index in [4.69, 9.17) is 21.1 Å². The van der Waals surface area contributed by atoms with E-state index < -0.39 is 34.6 Å². The molecule has 2 amide bonds. The molecular weight excluding hydrogens is 426 g/mol. The van der Waals surface area contributed by atoms with Crippen LogP contribution in [0.15, 0.2) is 23.1 Å². The van der Waals surface area contributed by atoms with Gasteiger partial charge in [-0.05, 0) is 32.2 Å². The van der Waals surface area contributed by atoms with Gasteiger partial charge in [0.05, 0.1) is 17.2 Å². The molecule has 1 heterocycles. The second-order valence-corrected chi connectivity index (χ2v) is 8.26. The molecule has 1 N–H and O–H groups in total. The van der Waals surface area contributed by atoms with Crippen molar-refractivity contribution in [3.8, 4) is 0 Å². The summed E-state index contributed by atoms with van der Waals surface area (Å²) in [6.07, 6.45) is -0.430. The van der Waals surface area contributed by atoms with Crippen LogP contribution in [0.25, 0.3) is 0 Å². The fourth-order valence-corrected chi connectivity index (χ4v) is 3.85. The van der Waals surface area contributed by atoms with Gasteiger partial charge in [-0.3, -0.25) is 4.79 Å². The van der Waals surface area contributed by atoms with Gasteiger partial charge in [0.2, 0.25) is 10.0 Å². The Hall–Kier alpha value is -2.37. The average molecular weight is 448 g/mol. The summed E-state index contributed by atoms with van der Waals surface area (Å²) in [7, 11) is -2.64. The Balaban J connectivity index is 1.92. The van der Waals surface area contributed by atoms with Gasteiger partial charge in [0.25, 0.3) is 5.91 Å². The van der Waals surface area contributed by atoms with Crippen molar-refractivity contribution in [1.82, 2.24) is 14.5 Å². The Kier molecular flexibility index (Phi) is 7.82. The second kappa shape index (κ2) is 9.90. The predicted octanol–water partition coefficient (Wildman–Crippen LogP) is 0.706. The number of rotatable bonds is 6. The first-order chi connectivity index (χ1) is 13.7. The van der Waals surface area contributed by atoms with Crippen LogP contribution < -0.4 is 4.72 Å². The molecule has 1 aliphatic rings. The number of amides is 2. The van der Waals surface area contributed by atoms with Crippen molar-refractivity contribution in [2.75, 3.05) is 46.4 Å². The standard InChI is InChI=1S/C17H22ClN3O7S/c1-3-27-17(24)21-8-6-20(7-9-21)15(22)11-28-16(23)12-4-5-13(18)14(10-12)29(25,26)19-2/h4-5,10,19H,3,6-9,11H2,1-2H3. The van der Waals surface area contributed by atoms with Crippen molar-refractivity contribution in [2.24, 2.45) is 0 Å². The van der Waals surface area contributed by atoms with E-state index in [0.717, 1.165) is 6.07 Å². The number of ether oxygens (including phenoxy) is 2. The summed E-state index contributed by atoms with van der Waals surface area (Å²) >= 11 is 5.88. The molecule has 2 rings (SSSR count). The first-order valence-corrected chi connectivity index (χ1v) is 10.7. The van der Waals surface area contributed by atoms with Crippen LogP contribution in [0.1, 0.15) is 17.3 Å². The second-order valence-electron chi connectivity index (χ2n) is 6.00. The van der Waals surface area contributed by atoms with E-state index in [0.29, 0.717) is 26.2 Å². The summed E-state index contributed by atoms with van der Waals surface area (Å²) in [5.41, 5.74) is -0.0526. The van der Waals surface area contributed by atoms with Gasteiger partial charge in [-0.2, -0.15) is 0 Å². The highest BCUT2D eigenvalue weighted by molar-refractivity contribution is 7.89. The maximum Gasteiger partial charge on any atom is 0.409 e. The highest BCUT2D eigenvalue weighted by Gasteiger charge is 2.26. The molecule has 1 aromatic carbocycles. The van der Waals surface area contributed by atoms with Crippen LogP contribution in [-0.2, 0) is 24.3 Å². The van der Waals surface area contributed by atoms with E-state index in [1.54, 1.807) is 6.92 Å². The number of nitrogens with one attached hydrogen (secondary N) is 1. The predicted molar refractivity (Wildman–Crippen MR) is 103 cm³/mol. The van der Waals surface area contributed by atoms with Crippen LogP contribution in [-0.4, -0.2) is 82.6 Å². The van der Waals surface area contributed by atoms with Gasteiger partial charge in [0.15, 0.2) is 6.61 Å². The molecule has 1 saturated heterocycles. The van der Waals surface area contributed by atoms with Gasteiger partial charge in [0.1, 0.15) is 4.90 Å². The first-order valence-electron chi connectivity index (χ1n) is 8.79. The molecule has 0 bridgehead atoms. The van der Waals surface area contributed by atoms with Crippen LogP contribution >= 0.6 is 11.6 Å². The lowest BCUT2D eigenvalue weighted by atomic mass is 10.2. The molecule has 29 heavy (non-hydrogen) atoms. The molecule has 0 saturated carbocycles. The zero-order valence-corrected chi connectivity index (χ0v) is 17.6. The van der Waals surface area contributed by atoms with Crippen molar-refractivity contribution in [3.05, 3.63) is 28.8 Å². The minimum atomic E-state index is -3.86. The third-order valence-electron chi connectivity index (χ3n) is 4.21. The summed E-state index contributed by atoms with van der Waals surface area (Å²) in [6.45, 7) is 2.71. The van der Waals surface area contributed by atoms with Crippen LogP contribution in [0.2, 0.25) is 5.02 Å². The highest BCUT2D eigenvalue weighted by Crippen LogP contribution is 2.22. The number of carbonyl (C=O) groups is 3. The third-order valence-corrected chi connectivity index (χ3v) is 6.11. The molecule has 12 heteroatoms. The van der Waals surface area contributed by atoms with Gasteiger partial charge >= 0.3 is 12.1 Å². The molecule has 1 aliphatic heterocycles. The quantitative estimate of drug-likeness (QED) is 0.637. The Morgan fingerprint density at radius 3 is 2.31 bits per heavy atom. The van der Waals surface area contributed by atoms with Gasteiger partial charge in [-0.25, -0.2) is 22.7 Å². The number of sulfonamides is 1. The van der Waals surface area contributed by atoms with Crippen LogP contribution in [0, 0.1) is 0 Å². The Morgan fingerprint density at radius 1 is 1.10 bits per heavy atom. The molecule has 0 aromatic heterocycles. The van der Waals surface area contributed by atoms with Crippen LogP contribution in [0.5, 0.6) is 0 Å². The number of piperazine rings is 1. The zero-order valence-electron chi connectivity index (χ0n) is 16.0. The number of hydrogen-bond acceptors (Lipinski definition) is 7. The Bertz CT molecular complexity index is 883. The lowest BCUT2D eigenvalue weighted by Gasteiger charge is -2.33. The number of halogens is 1. The van der Waals surface area contributed by atoms with Crippen LogP contribution in [0.3, 0.4) is 0 Å². The maximum atomic E-state index is 12.2. The summed E-state index contributed by atoms with van der Waals surface area (Å²) in [5, 5.41) is -0.0496. The van der Waals surface area contributed by atoms with Crippen molar-refractivity contribution in [3.63, 3.8) is 0 Å². The lowest BCUT2D eigenvalue weighted by Crippen LogP contribution is -2.51. The van der Waals surface area contributed by atoms with Gasteiger partial charge in [0, 0.05) is 26.2 Å². The largest absolute Gasteiger partial charge is 0.452 e. The molecular formula is C17H22ClN3O7S. The van der Waals surface area contributed by atoms with Gasteiger partial charge < -0.3 is 19.3 Å². The monoisotopic (exact) mass is 447 g/mol. The SMILES string of the molecule is CCOC(=O)N1CCN(C(=O)COC(=O)c2ccc(Cl)c(S(=O)(=O)NC)c2)CC1. The number of esters is 1. The normalized spacial score (nSPS) is 14.4. The van der Waals surface area contributed by atoms with E-state index in [9.17, 15) is 22.8 Å². The molecule has 0 radical (unpaired) electrons. The number of benzene rings is 1. The Morgan fingerprint density at radius 2 is 1.72 bits per heavy atom. The molecule has 0 aliphatic carbocycles. The summed E-state index contributed by atoms with van der Waals surface area (Å²) in [6, 6.07) is 3.65. The fourth-order valence-electron chi connectivity index (χ4n) is 2.60. The molecule has 0 spiro atoms. The Labute approximate surface area is 173 Å². The van der Waals surface area contributed by atoms with Crippen molar-refractivity contribution < 1.29 is 32.3 Å². The summed E-state index contributed by atoms with van der Waals surface area (Å²) in [4.78, 5) is 38.8. The third kappa shape index (κ3) is 5.81. The highest BCUT2D eigenvalue weighted by atomic mass is 35.5. The van der Waals surface area contributed by atoms with Crippen molar-refractivity contribution >= 4 is 39.6 Å². The average Bonchev–Trinajstić information content (AvgIpc) is 2.72. The van der Waals surface area contributed by atoms with Crippen molar-refractivity contribution in [2.45, 2.75) is 11.8 Å². The smallest absolute Gasteiger partial charge is 0.409 e. The molecule has 1 aromatic rings. The zero-order chi connectivity index (χ0) is 21.6. The van der Waals surface area contributed by atoms with Gasteiger partial charge in [-0.1, -0.05) is 11.6 Å². The molecule has 1 fully saturated rings.